The number of rotatable bonds is 51. The molecule has 2 atom stereocenters. The van der Waals surface area contributed by atoms with E-state index >= 15 is 0 Å². The molecule has 4 nitrogen and oxygen atoms in total. The molecular formula is C54H109NO3. The van der Waals surface area contributed by atoms with Gasteiger partial charge in [0.2, 0.25) is 5.91 Å². The molecule has 0 aromatic rings. The third-order valence-corrected chi connectivity index (χ3v) is 13.1. The van der Waals surface area contributed by atoms with Gasteiger partial charge in [0.15, 0.2) is 0 Å². The molecule has 58 heavy (non-hydrogen) atoms. The van der Waals surface area contributed by atoms with Crippen LogP contribution in [-0.4, -0.2) is 34.9 Å². The Bertz CT molecular complexity index is 759. The smallest absolute Gasteiger partial charge is 0.220 e. The van der Waals surface area contributed by atoms with E-state index in [9.17, 15) is 15.0 Å². The topological polar surface area (TPSA) is 69.6 Å². The van der Waals surface area contributed by atoms with Crippen molar-refractivity contribution in [1.29, 1.82) is 0 Å². The molecule has 4 heteroatoms. The Hall–Kier alpha value is -0.610. The van der Waals surface area contributed by atoms with E-state index in [0.717, 1.165) is 25.7 Å². The predicted octanol–water partition coefficient (Wildman–Crippen LogP) is 17.6. The number of aliphatic hydroxyl groups is 2. The lowest BCUT2D eigenvalue weighted by Gasteiger charge is -2.22. The Morgan fingerprint density at radius 3 is 0.776 bits per heavy atom. The van der Waals surface area contributed by atoms with E-state index in [1.807, 2.05) is 0 Å². The molecule has 0 saturated carbocycles. The lowest BCUT2D eigenvalue weighted by Crippen LogP contribution is -2.45. The molecule has 0 rings (SSSR count). The third-order valence-electron chi connectivity index (χ3n) is 13.1. The van der Waals surface area contributed by atoms with E-state index < -0.39 is 12.1 Å². The molecule has 0 aliphatic heterocycles. The zero-order chi connectivity index (χ0) is 42.1. The van der Waals surface area contributed by atoms with Crippen LogP contribution in [0.2, 0.25) is 0 Å². The summed E-state index contributed by atoms with van der Waals surface area (Å²) < 4.78 is 0. The molecule has 2 unspecified atom stereocenters. The number of carbonyl (C=O) groups excluding carboxylic acids is 1. The lowest BCUT2D eigenvalue weighted by molar-refractivity contribution is -0.123. The highest BCUT2D eigenvalue weighted by Gasteiger charge is 2.20. The summed E-state index contributed by atoms with van der Waals surface area (Å²) >= 11 is 0. The van der Waals surface area contributed by atoms with E-state index in [4.69, 9.17) is 0 Å². The van der Waals surface area contributed by atoms with Crippen LogP contribution < -0.4 is 5.32 Å². The fraction of sp³-hybridized carbons (Fsp3) is 0.981. The second-order valence-corrected chi connectivity index (χ2v) is 19.0. The molecular weight excluding hydrogens is 711 g/mol. The van der Waals surface area contributed by atoms with Crippen molar-refractivity contribution >= 4 is 5.91 Å². The molecule has 3 N–H and O–H groups in total. The van der Waals surface area contributed by atoms with Crippen LogP contribution in [0.25, 0.3) is 0 Å². The third kappa shape index (κ3) is 46.5. The quantitative estimate of drug-likeness (QED) is 0.0536. The first-order valence-corrected chi connectivity index (χ1v) is 27.2. The molecule has 0 bridgehead atoms. The first-order chi connectivity index (χ1) is 28.7. The Labute approximate surface area is 365 Å². The van der Waals surface area contributed by atoms with Crippen molar-refractivity contribution in [2.24, 2.45) is 0 Å². The molecule has 0 saturated heterocycles. The van der Waals surface area contributed by atoms with E-state index in [0.29, 0.717) is 12.8 Å². The summed E-state index contributed by atoms with van der Waals surface area (Å²) in [6.45, 7) is 4.37. The molecule has 0 radical (unpaired) electrons. The van der Waals surface area contributed by atoms with Crippen LogP contribution in [0.1, 0.15) is 322 Å². The number of nitrogens with one attached hydrogen (secondary N) is 1. The summed E-state index contributed by atoms with van der Waals surface area (Å²) in [4.78, 5) is 12.4. The first kappa shape index (κ1) is 57.4. The van der Waals surface area contributed by atoms with Crippen molar-refractivity contribution in [3.63, 3.8) is 0 Å². The van der Waals surface area contributed by atoms with Crippen molar-refractivity contribution in [1.82, 2.24) is 5.32 Å². The molecule has 1 amide bonds. The highest BCUT2D eigenvalue weighted by Crippen LogP contribution is 2.18. The minimum absolute atomic E-state index is 0.0264. The average molecular weight is 820 g/mol. The van der Waals surface area contributed by atoms with E-state index in [1.165, 1.54) is 270 Å². The van der Waals surface area contributed by atoms with Gasteiger partial charge in [-0.25, -0.2) is 0 Å². The molecule has 0 aliphatic carbocycles. The zero-order valence-corrected chi connectivity index (χ0v) is 40.1. The standard InChI is InChI=1S/C54H109NO3/c1-3-5-7-9-11-13-14-15-16-17-18-19-20-21-22-23-24-25-26-27-28-29-30-31-32-33-34-35-36-37-38-39-40-42-44-46-48-50-54(58)55-52(51-56)53(57)49-47-45-43-41-12-10-8-6-4-2/h52-53,56-57H,3-51H2,1-2H3,(H,55,58). The maximum atomic E-state index is 12.4. The second kappa shape index (κ2) is 50.7. The molecule has 0 aliphatic rings. The molecule has 0 heterocycles. The van der Waals surface area contributed by atoms with Gasteiger partial charge in [0, 0.05) is 6.42 Å². The zero-order valence-electron chi connectivity index (χ0n) is 40.1. The average Bonchev–Trinajstić information content (AvgIpc) is 3.23. The molecule has 0 aromatic carbocycles. The van der Waals surface area contributed by atoms with Gasteiger partial charge in [-0.15, -0.1) is 0 Å². The molecule has 348 valence electrons. The lowest BCUT2D eigenvalue weighted by atomic mass is 10.0. The van der Waals surface area contributed by atoms with Gasteiger partial charge in [-0.1, -0.05) is 303 Å². The van der Waals surface area contributed by atoms with Gasteiger partial charge in [0.25, 0.3) is 0 Å². The van der Waals surface area contributed by atoms with E-state index in [2.05, 4.69) is 19.2 Å². The van der Waals surface area contributed by atoms with Crippen molar-refractivity contribution in [3.05, 3.63) is 0 Å². The second-order valence-electron chi connectivity index (χ2n) is 19.0. The van der Waals surface area contributed by atoms with Gasteiger partial charge in [-0.05, 0) is 12.8 Å². The molecule has 0 aromatic heterocycles. The molecule has 0 fully saturated rings. The van der Waals surface area contributed by atoms with E-state index in [1.54, 1.807) is 0 Å². The van der Waals surface area contributed by atoms with Gasteiger partial charge in [0.05, 0.1) is 18.8 Å². The number of amides is 1. The van der Waals surface area contributed by atoms with Crippen LogP contribution in [0.15, 0.2) is 0 Å². The first-order valence-electron chi connectivity index (χ1n) is 27.2. The van der Waals surface area contributed by atoms with Crippen molar-refractivity contribution in [2.75, 3.05) is 6.61 Å². The largest absolute Gasteiger partial charge is 0.394 e. The summed E-state index contributed by atoms with van der Waals surface area (Å²) in [5.41, 5.74) is 0. The van der Waals surface area contributed by atoms with Crippen LogP contribution in [0, 0.1) is 0 Å². The Morgan fingerprint density at radius 2 is 0.552 bits per heavy atom. The SMILES string of the molecule is CCCCCCCCCCCCCCCCCCCCCCCCCCCCCCCCCCCCCCCC(=O)NC(CO)C(O)CCCCCCCCCCC. The van der Waals surface area contributed by atoms with E-state index in [-0.39, 0.29) is 12.5 Å². The maximum Gasteiger partial charge on any atom is 0.220 e. The van der Waals surface area contributed by atoms with Gasteiger partial charge in [-0.3, -0.25) is 4.79 Å². The highest BCUT2D eigenvalue weighted by molar-refractivity contribution is 5.76. The minimum Gasteiger partial charge on any atom is -0.394 e. The van der Waals surface area contributed by atoms with Crippen LogP contribution in [0.4, 0.5) is 0 Å². The summed E-state index contributed by atoms with van der Waals surface area (Å²) in [5.74, 6) is -0.0264. The van der Waals surface area contributed by atoms with Crippen molar-refractivity contribution in [3.8, 4) is 0 Å². The van der Waals surface area contributed by atoms with Crippen LogP contribution in [0.5, 0.6) is 0 Å². The normalized spacial score (nSPS) is 12.7. The monoisotopic (exact) mass is 820 g/mol. The summed E-state index contributed by atoms with van der Waals surface area (Å²) in [6, 6.07) is -0.528. The molecule has 0 spiro atoms. The fourth-order valence-electron chi connectivity index (χ4n) is 8.95. The summed E-state index contributed by atoms with van der Waals surface area (Å²) in [5, 5.41) is 23.1. The van der Waals surface area contributed by atoms with Gasteiger partial charge in [-0.2, -0.15) is 0 Å². The highest BCUT2D eigenvalue weighted by atomic mass is 16.3. The number of carbonyl (C=O) groups is 1. The van der Waals surface area contributed by atoms with Crippen LogP contribution in [-0.2, 0) is 4.79 Å². The number of hydrogen-bond acceptors (Lipinski definition) is 3. The number of aliphatic hydroxyl groups excluding tert-OH is 2. The summed E-state index contributed by atoms with van der Waals surface area (Å²) in [6.07, 6.45) is 64.0. The Balaban J connectivity index is 3.28. The Morgan fingerprint density at radius 1 is 0.345 bits per heavy atom. The number of unbranched alkanes of at least 4 members (excludes halogenated alkanes) is 44. The van der Waals surface area contributed by atoms with Crippen molar-refractivity contribution < 1.29 is 15.0 Å². The van der Waals surface area contributed by atoms with Gasteiger partial charge >= 0.3 is 0 Å². The van der Waals surface area contributed by atoms with Gasteiger partial charge < -0.3 is 15.5 Å². The predicted molar refractivity (Wildman–Crippen MR) is 258 cm³/mol. The van der Waals surface area contributed by atoms with Gasteiger partial charge in [0.1, 0.15) is 0 Å². The number of hydrogen-bond donors (Lipinski definition) is 3. The fourth-order valence-corrected chi connectivity index (χ4v) is 8.95. The van der Waals surface area contributed by atoms with Crippen LogP contribution >= 0.6 is 0 Å². The van der Waals surface area contributed by atoms with Crippen molar-refractivity contribution in [2.45, 2.75) is 334 Å². The minimum atomic E-state index is -0.652. The Kier molecular flexibility index (Phi) is 50.2. The maximum absolute atomic E-state index is 12.4. The summed E-state index contributed by atoms with van der Waals surface area (Å²) in [7, 11) is 0. The van der Waals surface area contributed by atoms with Crippen LogP contribution in [0.3, 0.4) is 0 Å².